The molecule has 1 aliphatic heterocycles. The van der Waals surface area contributed by atoms with Crippen LogP contribution in [-0.4, -0.2) is 23.3 Å². The average Bonchev–Trinajstić information content (AvgIpc) is 3.14. The van der Waals surface area contributed by atoms with Crippen LogP contribution in [-0.2, 0) is 4.79 Å². The number of carbonyl (C=O) groups excluding carboxylic acids is 2. The lowest BCUT2D eigenvalue weighted by Crippen LogP contribution is -2.24. The Morgan fingerprint density at radius 2 is 1.90 bits per heavy atom. The number of benzene rings is 2. The summed E-state index contributed by atoms with van der Waals surface area (Å²) in [5, 5.41) is 5.54. The Balaban J connectivity index is 1.53. The minimum absolute atomic E-state index is 0.117. The second-order valence-electron chi connectivity index (χ2n) is 6.80. The van der Waals surface area contributed by atoms with Crippen LogP contribution in [0, 0.1) is 11.6 Å². The molecule has 1 aromatic heterocycles. The summed E-state index contributed by atoms with van der Waals surface area (Å²) in [6.07, 6.45) is 2.60. The Hall–Kier alpha value is -3.81. The van der Waals surface area contributed by atoms with E-state index in [9.17, 15) is 18.4 Å². The van der Waals surface area contributed by atoms with E-state index >= 15 is 0 Å². The number of pyridine rings is 1. The van der Waals surface area contributed by atoms with Gasteiger partial charge in [0, 0.05) is 30.5 Å². The van der Waals surface area contributed by atoms with Crippen LogP contribution >= 0.6 is 0 Å². The maximum absolute atomic E-state index is 14.5. The Bertz CT molecular complexity index is 1120. The highest BCUT2D eigenvalue weighted by Crippen LogP contribution is 2.27. The van der Waals surface area contributed by atoms with E-state index in [1.807, 2.05) is 0 Å². The fourth-order valence-electron chi connectivity index (χ4n) is 3.30. The van der Waals surface area contributed by atoms with Gasteiger partial charge < -0.3 is 15.5 Å². The molecule has 152 valence electrons. The smallest absolute Gasteiger partial charge is 0.259 e. The van der Waals surface area contributed by atoms with Gasteiger partial charge in [0.1, 0.15) is 17.5 Å². The van der Waals surface area contributed by atoms with Crippen molar-refractivity contribution in [3.8, 4) is 0 Å². The summed E-state index contributed by atoms with van der Waals surface area (Å²) in [6.45, 7) is 0.478. The van der Waals surface area contributed by atoms with Crippen molar-refractivity contribution in [2.45, 2.75) is 12.8 Å². The number of hydrogen-bond donors (Lipinski definition) is 2. The number of rotatable bonds is 5. The largest absolute Gasteiger partial charge is 0.339 e. The van der Waals surface area contributed by atoms with Gasteiger partial charge in [0.2, 0.25) is 5.91 Å². The van der Waals surface area contributed by atoms with E-state index in [0.29, 0.717) is 25.1 Å². The molecule has 0 spiro atoms. The number of amides is 2. The molecular weight excluding hydrogens is 390 g/mol. The minimum atomic E-state index is -0.590. The third kappa shape index (κ3) is 4.12. The minimum Gasteiger partial charge on any atom is -0.339 e. The molecule has 1 aliphatic rings. The van der Waals surface area contributed by atoms with E-state index in [1.54, 1.807) is 18.2 Å². The molecule has 0 atom stereocenters. The number of halogens is 2. The van der Waals surface area contributed by atoms with Gasteiger partial charge in [-0.2, -0.15) is 0 Å². The summed E-state index contributed by atoms with van der Waals surface area (Å²) in [5.74, 6) is -1.40. The van der Waals surface area contributed by atoms with Gasteiger partial charge in [0.15, 0.2) is 0 Å². The van der Waals surface area contributed by atoms with Gasteiger partial charge >= 0.3 is 0 Å². The van der Waals surface area contributed by atoms with Crippen molar-refractivity contribution in [2.75, 3.05) is 22.1 Å². The van der Waals surface area contributed by atoms with Gasteiger partial charge in [0.25, 0.3) is 5.91 Å². The highest BCUT2D eigenvalue weighted by atomic mass is 19.1. The Kier molecular flexibility index (Phi) is 5.38. The lowest BCUT2D eigenvalue weighted by Gasteiger charge is -2.17. The van der Waals surface area contributed by atoms with Crippen molar-refractivity contribution in [1.29, 1.82) is 0 Å². The predicted octanol–water partition coefficient (Wildman–Crippen LogP) is 4.48. The third-order valence-corrected chi connectivity index (χ3v) is 4.71. The molecule has 2 N–H and O–H groups in total. The molecule has 0 radical (unpaired) electrons. The van der Waals surface area contributed by atoms with Crippen molar-refractivity contribution < 1.29 is 18.4 Å². The first-order valence-electron chi connectivity index (χ1n) is 9.40. The summed E-state index contributed by atoms with van der Waals surface area (Å²) in [4.78, 5) is 30.1. The van der Waals surface area contributed by atoms with Crippen LogP contribution in [0.2, 0.25) is 0 Å². The van der Waals surface area contributed by atoms with E-state index in [-0.39, 0.29) is 28.7 Å². The second-order valence-corrected chi connectivity index (χ2v) is 6.80. The summed E-state index contributed by atoms with van der Waals surface area (Å²) in [7, 11) is 0. The molecule has 1 fully saturated rings. The number of carbonyl (C=O) groups is 2. The zero-order valence-electron chi connectivity index (χ0n) is 15.9. The van der Waals surface area contributed by atoms with Crippen LogP contribution in [0.3, 0.4) is 0 Å². The van der Waals surface area contributed by atoms with Gasteiger partial charge in [-0.25, -0.2) is 13.8 Å². The summed E-state index contributed by atoms with van der Waals surface area (Å²) in [5.41, 5.74) is 1.09. The first kappa shape index (κ1) is 19.5. The molecule has 4 rings (SSSR count). The molecule has 1 saturated heterocycles. The number of aromatic nitrogens is 1. The van der Waals surface area contributed by atoms with Crippen molar-refractivity contribution >= 4 is 34.7 Å². The number of nitrogens with one attached hydrogen (secondary N) is 2. The monoisotopic (exact) mass is 408 g/mol. The maximum Gasteiger partial charge on any atom is 0.259 e. The normalized spacial score (nSPS) is 13.4. The van der Waals surface area contributed by atoms with E-state index in [4.69, 9.17) is 0 Å². The second kappa shape index (κ2) is 8.28. The highest BCUT2D eigenvalue weighted by molar-refractivity contribution is 6.08. The summed E-state index contributed by atoms with van der Waals surface area (Å²) in [6, 6.07) is 13.1. The van der Waals surface area contributed by atoms with Crippen molar-refractivity contribution in [3.63, 3.8) is 0 Å². The van der Waals surface area contributed by atoms with Crippen molar-refractivity contribution in [1.82, 2.24) is 4.98 Å². The fourth-order valence-corrected chi connectivity index (χ4v) is 3.30. The van der Waals surface area contributed by atoms with Crippen LogP contribution < -0.4 is 15.5 Å². The lowest BCUT2D eigenvalue weighted by molar-refractivity contribution is -0.117. The summed E-state index contributed by atoms with van der Waals surface area (Å²) >= 11 is 0. The van der Waals surface area contributed by atoms with E-state index in [1.165, 1.54) is 47.5 Å². The molecular formula is C22H18F2N4O2. The Morgan fingerprint density at radius 1 is 1.03 bits per heavy atom. The van der Waals surface area contributed by atoms with Crippen LogP contribution in [0.4, 0.5) is 31.7 Å². The highest BCUT2D eigenvalue weighted by Gasteiger charge is 2.24. The van der Waals surface area contributed by atoms with E-state index in [0.717, 1.165) is 0 Å². The number of hydrogen-bond acceptors (Lipinski definition) is 4. The van der Waals surface area contributed by atoms with Crippen molar-refractivity contribution in [2.24, 2.45) is 0 Å². The number of nitrogens with zero attached hydrogens (tertiary/aromatic N) is 2. The molecule has 0 saturated carbocycles. The zero-order chi connectivity index (χ0) is 21.1. The Morgan fingerprint density at radius 3 is 2.63 bits per heavy atom. The van der Waals surface area contributed by atoms with Gasteiger partial charge in [-0.1, -0.05) is 6.07 Å². The van der Waals surface area contributed by atoms with Gasteiger partial charge in [-0.05, 0) is 55.0 Å². The zero-order valence-corrected chi connectivity index (χ0v) is 15.9. The van der Waals surface area contributed by atoms with Gasteiger partial charge in [0.05, 0.1) is 11.3 Å². The van der Waals surface area contributed by atoms with Crippen LogP contribution in [0.15, 0.2) is 60.8 Å². The molecule has 2 heterocycles. The SMILES string of the molecule is O=C(Nc1ccc(N2CCCC2=O)c(F)c1)c1cccnc1Nc1cccc(F)c1. The average molecular weight is 408 g/mol. The van der Waals surface area contributed by atoms with E-state index < -0.39 is 17.5 Å². The molecule has 30 heavy (non-hydrogen) atoms. The fraction of sp³-hybridized carbons (Fsp3) is 0.136. The molecule has 8 heteroatoms. The molecule has 0 aliphatic carbocycles. The van der Waals surface area contributed by atoms with Gasteiger partial charge in [-0.15, -0.1) is 0 Å². The maximum atomic E-state index is 14.5. The standard InChI is InChI=1S/C22H18F2N4O2/c23-14-4-1-5-15(12-14)26-21-17(6-2-10-25-21)22(30)27-16-8-9-19(18(24)13-16)28-11-3-7-20(28)29/h1-2,4-6,8-10,12-13H,3,7,11H2,(H,25,26)(H,27,30). The lowest BCUT2D eigenvalue weighted by atomic mass is 10.2. The first-order chi connectivity index (χ1) is 14.5. The molecule has 3 aromatic rings. The molecule has 0 bridgehead atoms. The molecule has 2 amide bonds. The van der Waals surface area contributed by atoms with Crippen LogP contribution in [0.1, 0.15) is 23.2 Å². The Labute approximate surface area is 171 Å². The first-order valence-corrected chi connectivity index (χ1v) is 9.40. The topological polar surface area (TPSA) is 74.3 Å². The molecule has 0 unspecified atom stereocenters. The van der Waals surface area contributed by atoms with E-state index in [2.05, 4.69) is 15.6 Å². The van der Waals surface area contributed by atoms with Gasteiger partial charge in [-0.3, -0.25) is 9.59 Å². The third-order valence-electron chi connectivity index (χ3n) is 4.71. The predicted molar refractivity (Wildman–Crippen MR) is 110 cm³/mol. The van der Waals surface area contributed by atoms with Crippen molar-refractivity contribution in [3.05, 3.63) is 78.0 Å². The number of anilines is 4. The molecule has 6 nitrogen and oxygen atoms in total. The molecule has 2 aromatic carbocycles. The quantitative estimate of drug-likeness (QED) is 0.653. The summed E-state index contributed by atoms with van der Waals surface area (Å²) < 4.78 is 28.0. The van der Waals surface area contributed by atoms with Crippen LogP contribution in [0.25, 0.3) is 0 Å². The van der Waals surface area contributed by atoms with Crippen LogP contribution in [0.5, 0.6) is 0 Å².